The molecular weight excluding hydrogens is 176 g/mol. The smallest absolute Gasteiger partial charge is 0.144 e. The maximum Gasteiger partial charge on any atom is 0.144 e. The van der Waals surface area contributed by atoms with Crippen LogP contribution in [0.1, 0.15) is 26.2 Å². The molecule has 0 aromatic rings. The van der Waals surface area contributed by atoms with Crippen molar-refractivity contribution in [2.45, 2.75) is 32.4 Å². The molecule has 1 aliphatic rings. The van der Waals surface area contributed by atoms with Crippen molar-refractivity contribution in [1.82, 2.24) is 10.4 Å². The van der Waals surface area contributed by atoms with Crippen molar-refractivity contribution in [3.05, 3.63) is 24.4 Å². The summed E-state index contributed by atoms with van der Waals surface area (Å²) in [6, 6.07) is 0. The van der Waals surface area contributed by atoms with E-state index in [-0.39, 0.29) is 6.23 Å². The Balaban J connectivity index is 2.55. The minimum absolute atomic E-state index is 0.137. The second-order valence-corrected chi connectivity index (χ2v) is 3.41. The molecule has 1 rings (SSSR count). The van der Waals surface area contributed by atoms with Gasteiger partial charge >= 0.3 is 0 Å². The monoisotopic (exact) mass is 196 g/mol. The van der Waals surface area contributed by atoms with E-state index in [2.05, 4.69) is 12.0 Å². The lowest BCUT2D eigenvalue weighted by Gasteiger charge is -2.35. The summed E-state index contributed by atoms with van der Waals surface area (Å²) in [7, 11) is 1.90. The van der Waals surface area contributed by atoms with Crippen LogP contribution in [0.15, 0.2) is 24.4 Å². The van der Waals surface area contributed by atoms with Crippen LogP contribution < -0.4 is 5.43 Å². The summed E-state index contributed by atoms with van der Waals surface area (Å²) in [5.74, 6) is 0. The minimum atomic E-state index is 0.137. The molecule has 3 nitrogen and oxygen atoms in total. The van der Waals surface area contributed by atoms with E-state index in [4.69, 9.17) is 4.74 Å². The highest BCUT2D eigenvalue weighted by atomic mass is 16.5. The Morgan fingerprint density at radius 3 is 2.86 bits per heavy atom. The van der Waals surface area contributed by atoms with Crippen LogP contribution in [0.5, 0.6) is 0 Å². The van der Waals surface area contributed by atoms with E-state index >= 15 is 0 Å². The fourth-order valence-corrected chi connectivity index (χ4v) is 1.67. The van der Waals surface area contributed by atoms with Crippen LogP contribution in [0.3, 0.4) is 0 Å². The summed E-state index contributed by atoms with van der Waals surface area (Å²) in [5.41, 5.74) is 4.06. The number of allylic oxidation sites excluding steroid dienone is 2. The first-order valence-electron chi connectivity index (χ1n) is 5.19. The van der Waals surface area contributed by atoms with Crippen LogP contribution in [-0.4, -0.2) is 24.9 Å². The number of hydrazine groups is 1. The van der Waals surface area contributed by atoms with E-state index in [0.717, 1.165) is 18.7 Å². The van der Waals surface area contributed by atoms with E-state index in [1.807, 2.05) is 31.1 Å². The summed E-state index contributed by atoms with van der Waals surface area (Å²) in [6.45, 7) is 6.83. The van der Waals surface area contributed by atoms with Gasteiger partial charge < -0.3 is 4.74 Å². The van der Waals surface area contributed by atoms with Gasteiger partial charge in [-0.2, -0.15) is 0 Å². The molecule has 0 aromatic carbocycles. The molecule has 0 aromatic heterocycles. The zero-order chi connectivity index (χ0) is 10.4. The first-order valence-corrected chi connectivity index (χ1v) is 5.19. The number of hydrogen-bond acceptors (Lipinski definition) is 3. The van der Waals surface area contributed by atoms with Gasteiger partial charge in [-0.15, -0.1) is 0 Å². The number of nitrogens with zero attached hydrogens (tertiary/aromatic N) is 1. The SMILES string of the molecule is C=C(/C=C\C)N(NC)C1CCCCO1. The molecule has 1 aliphatic heterocycles. The zero-order valence-corrected chi connectivity index (χ0v) is 9.12. The molecule has 1 heterocycles. The van der Waals surface area contributed by atoms with Crippen molar-refractivity contribution in [3.8, 4) is 0 Å². The van der Waals surface area contributed by atoms with Gasteiger partial charge in [-0.05, 0) is 32.3 Å². The van der Waals surface area contributed by atoms with Crippen LogP contribution in [0.25, 0.3) is 0 Å². The van der Waals surface area contributed by atoms with Crippen molar-refractivity contribution in [2.24, 2.45) is 0 Å². The largest absolute Gasteiger partial charge is 0.357 e. The minimum Gasteiger partial charge on any atom is -0.357 e. The third-order valence-corrected chi connectivity index (χ3v) is 2.35. The van der Waals surface area contributed by atoms with E-state index < -0.39 is 0 Å². The van der Waals surface area contributed by atoms with Crippen LogP contribution in [0, 0.1) is 0 Å². The molecule has 1 fully saturated rings. The van der Waals surface area contributed by atoms with Crippen LogP contribution in [0.2, 0.25) is 0 Å². The first-order chi connectivity index (χ1) is 6.79. The van der Waals surface area contributed by atoms with Gasteiger partial charge in [0.05, 0.1) is 0 Å². The highest BCUT2D eigenvalue weighted by Crippen LogP contribution is 2.18. The third-order valence-electron chi connectivity index (χ3n) is 2.35. The summed E-state index contributed by atoms with van der Waals surface area (Å²) in [6.07, 6.45) is 7.56. The molecule has 0 amide bonds. The van der Waals surface area contributed by atoms with Gasteiger partial charge in [0.1, 0.15) is 6.23 Å². The molecule has 0 spiro atoms. The molecule has 14 heavy (non-hydrogen) atoms. The van der Waals surface area contributed by atoms with Gasteiger partial charge in [-0.25, -0.2) is 5.43 Å². The van der Waals surface area contributed by atoms with Crippen LogP contribution in [-0.2, 0) is 4.74 Å². The van der Waals surface area contributed by atoms with E-state index in [1.54, 1.807) is 0 Å². The van der Waals surface area contributed by atoms with Gasteiger partial charge in [0.2, 0.25) is 0 Å². The highest BCUT2D eigenvalue weighted by molar-refractivity contribution is 5.12. The lowest BCUT2D eigenvalue weighted by atomic mass is 10.2. The van der Waals surface area contributed by atoms with Crippen molar-refractivity contribution in [1.29, 1.82) is 0 Å². The zero-order valence-electron chi connectivity index (χ0n) is 9.12. The van der Waals surface area contributed by atoms with Gasteiger partial charge in [-0.1, -0.05) is 12.7 Å². The van der Waals surface area contributed by atoms with Crippen molar-refractivity contribution in [3.63, 3.8) is 0 Å². The Kier molecular flexibility index (Phi) is 4.70. The molecule has 0 radical (unpaired) electrons. The molecule has 1 unspecified atom stereocenters. The Labute approximate surface area is 86.4 Å². The van der Waals surface area contributed by atoms with Crippen LogP contribution in [0.4, 0.5) is 0 Å². The quantitative estimate of drug-likeness (QED) is 0.550. The van der Waals surface area contributed by atoms with E-state index in [1.165, 1.54) is 12.8 Å². The first kappa shape index (κ1) is 11.3. The summed E-state index contributed by atoms with van der Waals surface area (Å²) in [4.78, 5) is 0. The van der Waals surface area contributed by atoms with E-state index in [0.29, 0.717) is 0 Å². The second kappa shape index (κ2) is 5.83. The topological polar surface area (TPSA) is 24.5 Å². The van der Waals surface area contributed by atoms with Crippen LogP contribution >= 0.6 is 0 Å². The lowest BCUT2D eigenvalue weighted by Crippen LogP contribution is -2.45. The van der Waals surface area contributed by atoms with Gasteiger partial charge in [0, 0.05) is 19.4 Å². The summed E-state index contributed by atoms with van der Waals surface area (Å²) < 4.78 is 5.67. The van der Waals surface area contributed by atoms with Gasteiger partial charge in [0.15, 0.2) is 0 Å². The van der Waals surface area contributed by atoms with Crippen molar-refractivity contribution < 1.29 is 4.74 Å². The second-order valence-electron chi connectivity index (χ2n) is 3.41. The Bertz CT molecular complexity index is 207. The summed E-state index contributed by atoms with van der Waals surface area (Å²) in [5, 5.41) is 1.99. The molecule has 1 atom stereocenters. The van der Waals surface area contributed by atoms with Gasteiger partial charge in [0.25, 0.3) is 0 Å². The maximum absolute atomic E-state index is 5.67. The Morgan fingerprint density at radius 2 is 2.36 bits per heavy atom. The fourth-order valence-electron chi connectivity index (χ4n) is 1.67. The molecule has 1 N–H and O–H groups in total. The Hall–Kier alpha value is -0.800. The molecule has 0 bridgehead atoms. The number of ether oxygens (including phenoxy) is 1. The van der Waals surface area contributed by atoms with Crippen molar-refractivity contribution in [2.75, 3.05) is 13.7 Å². The molecule has 0 aliphatic carbocycles. The van der Waals surface area contributed by atoms with Crippen molar-refractivity contribution >= 4 is 0 Å². The predicted octanol–water partition coefficient (Wildman–Crippen LogP) is 2.04. The summed E-state index contributed by atoms with van der Waals surface area (Å²) >= 11 is 0. The maximum atomic E-state index is 5.67. The van der Waals surface area contributed by atoms with Gasteiger partial charge in [-0.3, -0.25) is 5.01 Å². The number of hydrogen-bond donors (Lipinski definition) is 1. The fraction of sp³-hybridized carbons (Fsp3) is 0.636. The standard InChI is InChI=1S/C11H20N2O/c1-4-7-10(2)13(12-3)11-8-5-6-9-14-11/h4,7,11-12H,2,5-6,8-9H2,1,3H3/b7-4-. The predicted molar refractivity (Wildman–Crippen MR) is 58.4 cm³/mol. The molecule has 80 valence electrons. The highest BCUT2D eigenvalue weighted by Gasteiger charge is 2.20. The molecule has 1 saturated heterocycles. The average molecular weight is 196 g/mol. The molecule has 0 saturated carbocycles. The normalized spacial score (nSPS) is 22.6. The average Bonchev–Trinajstić information content (AvgIpc) is 2.21. The molecule has 3 heteroatoms. The number of nitrogens with one attached hydrogen (secondary N) is 1. The molecular formula is C11H20N2O. The lowest BCUT2D eigenvalue weighted by molar-refractivity contribution is -0.0858. The number of rotatable bonds is 4. The Morgan fingerprint density at radius 1 is 1.57 bits per heavy atom. The van der Waals surface area contributed by atoms with E-state index in [9.17, 15) is 0 Å². The third kappa shape index (κ3) is 2.86.